The van der Waals surface area contributed by atoms with Gasteiger partial charge in [0.1, 0.15) is 42.1 Å². The van der Waals surface area contributed by atoms with Crippen molar-refractivity contribution in [3.8, 4) is 17.6 Å². The molecule has 5 atom stereocenters. The molecule has 4 aliphatic rings. The predicted octanol–water partition coefficient (Wildman–Crippen LogP) is 8.56. The Kier molecular flexibility index (Phi) is 19.7. The first-order chi connectivity index (χ1) is 41.7. The number of nitrogens with two attached hydrogens (primary N) is 1. The van der Waals surface area contributed by atoms with E-state index in [0.29, 0.717) is 51.5 Å². The number of nitrogens with one attached hydrogen (secondary N) is 1. The van der Waals surface area contributed by atoms with E-state index in [0.717, 1.165) is 40.1 Å². The van der Waals surface area contributed by atoms with Crippen LogP contribution in [0.4, 0.5) is 17.2 Å². The summed E-state index contributed by atoms with van der Waals surface area (Å²) in [6.07, 6.45) is 15.6. The highest BCUT2D eigenvalue weighted by molar-refractivity contribution is 7.86. The number of fused-ring (bicyclic) bond motifs is 4. The minimum atomic E-state index is -5.73. The van der Waals surface area contributed by atoms with Crippen LogP contribution in [0.25, 0.3) is 27.9 Å². The molecule has 89 heavy (non-hydrogen) atoms. The average Bonchev–Trinajstić information content (AvgIpc) is 1.73. The third-order valence-electron chi connectivity index (χ3n) is 15.4. The van der Waals surface area contributed by atoms with Gasteiger partial charge < -0.3 is 54.1 Å². The fraction of sp³-hybridized carbons (Fsp3) is 0.345. The van der Waals surface area contributed by atoms with Gasteiger partial charge in [0.25, 0.3) is 10.1 Å². The number of hydrogen-bond donors (Lipinski definition) is 7. The van der Waals surface area contributed by atoms with Crippen molar-refractivity contribution in [3.05, 3.63) is 144 Å². The van der Waals surface area contributed by atoms with E-state index in [-0.39, 0.29) is 67.4 Å². The molecule has 8 N–H and O–H groups in total. The zero-order chi connectivity index (χ0) is 64.5. The second kappa shape index (κ2) is 26.2. The molecule has 0 saturated carbocycles. The number of ether oxygens (including phenoxy) is 2. The van der Waals surface area contributed by atoms with Gasteiger partial charge in [-0.25, -0.2) is 32.1 Å². The number of benzene rings is 3. The molecule has 3 aromatic carbocycles. The van der Waals surface area contributed by atoms with Crippen molar-refractivity contribution in [2.24, 2.45) is 0 Å². The van der Waals surface area contributed by atoms with Crippen LogP contribution < -0.4 is 20.7 Å². The summed E-state index contributed by atoms with van der Waals surface area (Å²) >= 11 is 0. The molecule has 1 saturated heterocycles. The van der Waals surface area contributed by atoms with Crippen molar-refractivity contribution in [1.29, 1.82) is 0 Å². The van der Waals surface area contributed by atoms with E-state index in [1.54, 1.807) is 16.8 Å². The monoisotopic (exact) mass is 1320 g/mol. The molecule has 31 heteroatoms. The molecule has 5 aromatic rings. The van der Waals surface area contributed by atoms with E-state index in [4.69, 9.17) is 29.5 Å². The molecule has 2 aromatic heterocycles. The summed E-state index contributed by atoms with van der Waals surface area (Å²) in [6.45, 7) is 10.5. The Labute approximate surface area is 514 Å². The fourth-order valence-corrected chi connectivity index (χ4v) is 15.6. The van der Waals surface area contributed by atoms with Gasteiger partial charge >= 0.3 is 23.5 Å². The lowest BCUT2D eigenvalue weighted by Crippen LogP contribution is -2.44. The largest absolute Gasteiger partial charge is 0.748 e. The summed E-state index contributed by atoms with van der Waals surface area (Å²) in [4.78, 5) is 60.9. The molecule has 1 fully saturated rings. The van der Waals surface area contributed by atoms with Crippen LogP contribution in [0.1, 0.15) is 107 Å². The SMILES string of the molecule is CCN1c2cc3c(cc2C(C)=CC1(C)C)C(=CC=CC=CC1=[N+](CCCS(=O)(=O)[O-])c2ccc(S(=O)(=O)O)cc2C1(C)CCCC(=O)NCC#Cc1cn([C@H]2CC[C@@H](COP(=O)(O)OP(=O)(O)OP(=O)(O)O)O2)c2ncnc(N)c12)C=C(c1ccccc1)O3. The Hall–Kier alpha value is -6.73. The smallest absolute Gasteiger partial charge is 0.490 e. The first-order valence-corrected chi connectivity index (χ1v) is 35.5. The highest BCUT2D eigenvalue weighted by Gasteiger charge is 2.48. The van der Waals surface area contributed by atoms with Crippen LogP contribution in [-0.2, 0) is 62.0 Å². The molecule has 3 unspecified atom stereocenters. The topological polar surface area (TPSA) is 382 Å². The van der Waals surface area contributed by atoms with Crippen LogP contribution in [-0.4, -0.2) is 120 Å². The number of allylic oxidation sites excluding steroid dienone is 8. The molecular formula is C58H66N7O19P3S2. The quantitative estimate of drug-likeness (QED) is 0.0106. The van der Waals surface area contributed by atoms with Crippen LogP contribution in [0.3, 0.4) is 0 Å². The van der Waals surface area contributed by atoms with E-state index < -0.39 is 73.8 Å². The number of carbonyl (C=O) groups is 1. The summed E-state index contributed by atoms with van der Waals surface area (Å²) < 4.78 is 134. The zero-order valence-electron chi connectivity index (χ0n) is 48.8. The number of amides is 1. The van der Waals surface area contributed by atoms with E-state index in [2.05, 4.69) is 86.6 Å². The van der Waals surface area contributed by atoms with Gasteiger partial charge in [0.15, 0.2) is 5.71 Å². The lowest BCUT2D eigenvalue weighted by molar-refractivity contribution is -0.437. The fourth-order valence-electron chi connectivity index (χ4n) is 11.6. The van der Waals surface area contributed by atoms with Gasteiger partial charge in [0, 0.05) is 77.5 Å². The molecule has 1 amide bonds. The van der Waals surface area contributed by atoms with Gasteiger partial charge in [-0.1, -0.05) is 72.6 Å². The lowest BCUT2D eigenvalue weighted by atomic mass is 9.75. The molecule has 0 spiro atoms. The summed E-state index contributed by atoms with van der Waals surface area (Å²) in [5.74, 6) is 6.26. The van der Waals surface area contributed by atoms with Gasteiger partial charge in [-0.2, -0.15) is 21.6 Å². The Morgan fingerprint density at radius 1 is 0.966 bits per heavy atom. The summed E-state index contributed by atoms with van der Waals surface area (Å²) in [6, 6.07) is 18.2. The second-order valence-electron chi connectivity index (χ2n) is 22.1. The maximum absolute atomic E-state index is 13.5. The maximum atomic E-state index is 13.5. The molecule has 0 aliphatic carbocycles. The standard InChI is InChI=1S/C58H66N7O19P3S2/c1-6-65-48-33-50-45(32-44(48)38(2)34-57(65,3)4)40(30-49(82-50)39-16-9-7-10-17-39)18-11-8-12-20-51-58(5,46-31-43(89(77,78)79)23-24-47(46)63(51)28-15-29-88(74,75)76)26-13-21-52(66)60-27-14-19-41-35-64(56-54(41)55(59)61-37-62-56)53-25-22-42(81-53)36-80-86(70,71)84-87(72,73)83-85(67,68)69/h7-12,16-18,20,23-24,30-35,37,42,53H,6,13,15,21-22,25-29,36H2,1-5H3,(H8-,59,60,61,62,66,67,68,69,70,71,72,73,74,75,76,77,78,79)/t42-,53+,58?/m0/s1. The van der Waals surface area contributed by atoms with Crippen molar-refractivity contribution in [2.75, 3.05) is 42.6 Å². The van der Waals surface area contributed by atoms with Crippen LogP contribution in [0.5, 0.6) is 5.75 Å². The lowest BCUT2D eigenvalue weighted by Gasteiger charge is -2.43. The van der Waals surface area contributed by atoms with Crippen LogP contribution in [0.2, 0.25) is 0 Å². The average molecular weight is 1320 g/mol. The number of anilines is 2. The number of aromatic nitrogens is 3. The van der Waals surface area contributed by atoms with Gasteiger partial charge in [0.05, 0.1) is 56.2 Å². The van der Waals surface area contributed by atoms with Crippen LogP contribution in [0.15, 0.2) is 121 Å². The van der Waals surface area contributed by atoms with Crippen LogP contribution >= 0.6 is 23.5 Å². The summed E-state index contributed by atoms with van der Waals surface area (Å²) in [5.41, 5.74) is 13.2. The highest BCUT2D eigenvalue weighted by atomic mass is 32.2. The minimum Gasteiger partial charge on any atom is -0.748 e. The molecule has 0 bridgehead atoms. The number of hydrogen-bond acceptors (Lipinski definition) is 18. The molecule has 6 heterocycles. The van der Waals surface area contributed by atoms with Gasteiger partial charge in [-0.05, 0) is 95.7 Å². The third-order valence-corrected chi connectivity index (χ3v) is 20.8. The van der Waals surface area contributed by atoms with Crippen LogP contribution in [0, 0.1) is 11.8 Å². The number of nitrogens with zero attached hydrogens (tertiary/aromatic N) is 5. The molecular weight excluding hydrogens is 1260 g/mol. The molecule has 474 valence electrons. The van der Waals surface area contributed by atoms with Gasteiger partial charge in [-0.3, -0.25) is 13.9 Å². The highest BCUT2D eigenvalue weighted by Crippen LogP contribution is 2.66. The number of nitrogen functional groups attached to an aromatic ring is 1. The van der Waals surface area contributed by atoms with E-state index in [9.17, 15) is 54.2 Å². The number of carbonyl (C=O) groups excluding carboxylic acids is 1. The van der Waals surface area contributed by atoms with Crippen molar-refractivity contribution >= 4 is 100 Å². The number of rotatable bonds is 23. The maximum Gasteiger partial charge on any atom is 0.490 e. The van der Waals surface area contributed by atoms with Crippen molar-refractivity contribution in [2.45, 2.75) is 101 Å². The van der Waals surface area contributed by atoms with Crippen molar-refractivity contribution < 1.29 is 91.2 Å². The molecule has 4 aliphatic heterocycles. The molecule has 0 radical (unpaired) electrons. The number of phosphoric acid groups is 3. The Morgan fingerprint density at radius 3 is 2.43 bits per heavy atom. The Morgan fingerprint density at radius 2 is 1.72 bits per heavy atom. The first-order valence-electron chi connectivity index (χ1n) is 27.9. The Balaban J connectivity index is 0.927. The van der Waals surface area contributed by atoms with Gasteiger partial charge in [-0.15, -0.1) is 0 Å². The normalized spacial score (nSPS) is 21.0. The van der Waals surface area contributed by atoms with Gasteiger partial charge in [0.2, 0.25) is 11.6 Å². The first kappa shape index (κ1) is 66.7. The van der Waals surface area contributed by atoms with Crippen molar-refractivity contribution in [1.82, 2.24) is 19.9 Å². The third kappa shape index (κ3) is 15.9. The second-order valence-corrected chi connectivity index (χ2v) is 29.5. The molecule has 9 rings (SSSR count). The zero-order valence-corrected chi connectivity index (χ0v) is 53.1. The number of likely N-dealkylation sites (N-methyl/N-ethyl adjacent to an activating group) is 1. The summed E-state index contributed by atoms with van der Waals surface area (Å²) in [5, 5.41) is 3.14. The Bertz CT molecular complexity index is 4280. The van der Waals surface area contributed by atoms with E-state index >= 15 is 0 Å². The van der Waals surface area contributed by atoms with E-state index in [1.165, 1.54) is 24.5 Å². The minimum absolute atomic E-state index is 0.0255. The predicted molar refractivity (Wildman–Crippen MR) is 330 cm³/mol. The van der Waals surface area contributed by atoms with E-state index in [1.807, 2.05) is 72.2 Å². The molecule has 26 nitrogen and oxygen atoms in total. The summed E-state index contributed by atoms with van der Waals surface area (Å²) in [7, 11) is -26.0. The van der Waals surface area contributed by atoms with Crippen molar-refractivity contribution in [3.63, 3.8) is 0 Å². The number of phosphoric ester groups is 1.